The molecule has 2 aromatic carbocycles. The number of phenolic OH excluding ortho intramolecular Hbond substituents is 1. The molecule has 1 amide bonds. The van der Waals surface area contributed by atoms with Crippen molar-refractivity contribution in [3.63, 3.8) is 0 Å². The minimum atomic E-state index is -0.683. The molecular weight excluding hydrogens is 376 g/mol. The van der Waals surface area contributed by atoms with Crippen LogP contribution in [0.5, 0.6) is 11.5 Å². The Morgan fingerprint density at radius 1 is 1.10 bits per heavy atom. The smallest absolute Gasteiger partial charge is 0.306 e. The van der Waals surface area contributed by atoms with E-state index in [2.05, 4.69) is 5.32 Å². The Hall–Kier alpha value is -3.86. The van der Waals surface area contributed by atoms with Crippen molar-refractivity contribution in [3.8, 4) is 17.6 Å². The van der Waals surface area contributed by atoms with Crippen molar-refractivity contribution in [3.05, 3.63) is 53.6 Å². The van der Waals surface area contributed by atoms with Gasteiger partial charge in [-0.15, -0.1) is 0 Å². The minimum absolute atomic E-state index is 0.0731. The Morgan fingerprint density at radius 2 is 1.83 bits per heavy atom. The van der Waals surface area contributed by atoms with Gasteiger partial charge in [0, 0.05) is 17.7 Å². The lowest BCUT2D eigenvalue weighted by molar-refractivity contribution is -0.147. The number of amides is 1. The fourth-order valence-electron chi connectivity index (χ4n) is 2.36. The molecule has 0 saturated heterocycles. The molecular formula is C21H20N2O6. The number of hydrogen-bond donors (Lipinski definition) is 2. The fraction of sp³-hybridized carbons (Fsp3) is 0.238. The number of esters is 1. The maximum Gasteiger partial charge on any atom is 0.306 e. The maximum absolute atomic E-state index is 12.2. The van der Waals surface area contributed by atoms with Crippen LogP contribution < -0.4 is 10.1 Å². The number of nitrogens with one attached hydrogen (secondary N) is 1. The molecule has 0 aromatic heterocycles. The first kappa shape index (κ1) is 21.4. The lowest BCUT2D eigenvalue weighted by Gasteiger charge is -2.08. The van der Waals surface area contributed by atoms with Gasteiger partial charge in [0.05, 0.1) is 24.7 Å². The van der Waals surface area contributed by atoms with Crippen LogP contribution in [0.15, 0.2) is 42.5 Å². The van der Waals surface area contributed by atoms with Gasteiger partial charge in [-0.1, -0.05) is 0 Å². The number of rotatable bonds is 9. The third kappa shape index (κ3) is 6.66. The molecule has 8 heteroatoms. The number of benzene rings is 2. The van der Waals surface area contributed by atoms with Gasteiger partial charge in [0.15, 0.2) is 23.9 Å². The number of nitrogens with zero attached hydrogens (tertiary/aromatic N) is 1. The van der Waals surface area contributed by atoms with Crippen LogP contribution in [-0.2, 0) is 14.3 Å². The molecule has 8 nitrogen and oxygen atoms in total. The van der Waals surface area contributed by atoms with Gasteiger partial charge in [-0.05, 0) is 49.4 Å². The highest BCUT2D eigenvalue weighted by Gasteiger charge is 2.14. The highest BCUT2D eigenvalue weighted by molar-refractivity contribution is 5.98. The van der Waals surface area contributed by atoms with Crippen LogP contribution in [0.1, 0.15) is 35.7 Å². The number of ketones is 1. The first-order valence-electron chi connectivity index (χ1n) is 8.87. The summed E-state index contributed by atoms with van der Waals surface area (Å²) < 4.78 is 10.1. The average Bonchev–Trinajstić information content (AvgIpc) is 2.72. The summed E-state index contributed by atoms with van der Waals surface area (Å²) in [5.41, 5.74) is 1.23. The lowest BCUT2D eigenvalue weighted by atomic mass is 10.1. The highest BCUT2D eigenvalue weighted by Crippen LogP contribution is 2.27. The summed E-state index contributed by atoms with van der Waals surface area (Å²) in [6.07, 6.45) is -0.291. The van der Waals surface area contributed by atoms with Crippen molar-refractivity contribution < 1.29 is 29.0 Å². The number of aromatic hydroxyl groups is 1. The zero-order chi connectivity index (χ0) is 21.2. The molecule has 0 saturated carbocycles. The quantitative estimate of drug-likeness (QED) is 0.493. The van der Waals surface area contributed by atoms with Crippen molar-refractivity contribution in [2.24, 2.45) is 0 Å². The van der Waals surface area contributed by atoms with Crippen molar-refractivity contribution in [1.29, 1.82) is 5.26 Å². The summed E-state index contributed by atoms with van der Waals surface area (Å²) in [5.74, 6) is -1.41. The molecule has 2 N–H and O–H groups in total. The van der Waals surface area contributed by atoms with Crippen LogP contribution in [0.25, 0.3) is 0 Å². The number of carbonyl (C=O) groups is 3. The summed E-state index contributed by atoms with van der Waals surface area (Å²) in [5, 5.41) is 20.9. The molecule has 0 aliphatic heterocycles. The molecule has 0 heterocycles. The number of hydrogen-bond acceptors (Lipinski definition) is 7. The topological polar surface area (TPSA) is 126 Å². The second-order valence-electron chi connectivity index (χ2n) is 5.94. The second kappa shape index (κ2) is 10.5. The Kier molecular flexibility index (Phi) is 7.74. The van der Waals surface area contributed by atoms with Crippen LogP contribution in [0, 0.1) is 11.3 Å². The number of carbonyl (C=O) groups excluding carboxylic acids is 3. The predicted molar refractivity (Wildman–Crippen MR) is 104 cm³/mol. The average molecular weight is 396 g/mol. The van der Waals surface area contributed by atoms with E-state index in [1.165, 1.54) is 18.2 Å². The zero-order valence-electron chi connectivity index (χ0n) is 15.8. The van der Waals surface area contributed by atoms with Crippen LogP contribution in [0.4, 0.5) is 5.69 Å². The predicted octanol–water partition coefficient (Wildman–Crippen LogP) is 2.81. The second-order valence-corrected chi connectivity index (χ2v) is 5.94. The summed E-state index contributed by atoms with van der Waals surface area (Å²) >= 11 is 0. The first-order chi connectivity index (χ1) is 13.9. The summed E-state index contributed by atoms with van der Waals surface area (Å²) in [7, 11) is 0. The highest BCUT2D eigenvalue weighted by atomic mass is 16.5. The molecule has 0 atom stereocenters. The largest absolute Gasteiger partial charge is 0.504 e. The molecule has 0 radical (unpaired) electrons. The summed E-state index contributed by atoms with van der Waals surface area (Å²) in [4.78, 5) is 35.8. The Morgan fingerprint density at radius 3 is 2.48 bits per heavy atom. The van der Waals surface area contributed by atoms with Gasteiger partial charge in [-0.25, -0.2) is 0 Å². The molecule has 0 fully saturated rings. The van der Waals surface area contributed by atoms with E-state index >= 15 is 0 Å². The van der Waals surface area contributed by atoms with E-state index in [-0.39, 0.29) is 30.1 Å². The zero-order valence-corrected chi connectivity index (χ0v) is 15.8. The van der Waals surface area contributed by atoms with Gasteiger partial charge >= 0.3 is 5.97 Å². The van der Waals surface area contributed by atoms with Crippen LogP contribution >= 0.6 is 0 Å². The number of nitriles is 1. The van der Waals surface area contributed by atoms with Crippen molar-refractivity contribution in [2.45, 2.75) is 19.8 Å². The summed E-state index contributed by atoms with van der Waals surface area (Å²) in [6, 6.07) is 12.4. The van der Waals surface area contributed by atoms with Gasteiger partial charge in [0.25, 0.3) is 5.91 Å². The monoisotopic (exact) mass is 396 g/mol. The van der Waals surface area contributed by atoms with E-state index in [1.54, 1.807) is 31.2 Å². The molecule has 2 aromatic rings. The van der Waals surface area contributed by atoms with Gasteiger partial charge in [-0.2, -0.15) is 5.26 Å². The lowest BCUT2D eigenvalue weighted by Crippen LogP contribution is -2.21. The van der Waals surface area contributed by atoms with Gasteiger partial charge < -0.3 is 19.9 Å². The Balaban J connectivity index is 1.77. The van der Waals surface area contributed by atoms with E-state index in [4.69, 9.17) is 14.7 Å². The third-order valence-electron chi connectivity index (χ3n) is 3.80. The first-order valence-corrected chi connectivity index (χ1v) is 8.87. The number of Topliss-reactive ketones (excluding diaryl/α,β-unsaturated/α-hetero) is 1. The van der Waals surface area contributed by atoms with Crippen LogP contribution in [-0.4, -0.2) is 36.0 Å². The molecule has 0 bridgehead atoms. The molecule has 150 valence electrons. The van der Waals surface area contributed by atoms with Crippen molar-refractivity contribution in [2.75, 3.05) is 18.5 Å². The third-order valence-corrected chi connectivity index (χ3v) is 3.80. The van der Waals surface area contributed by atoms with E-state index in [1.807, 2.05) is 6.07 Å². The molecule has 29 heavy (non-hydrogen) atoms. The fourth-order valence-corrected chi connectivity index (χ4v) is 2.36. The van der Waals surface area contributed by atoms with E-state index in [9.17, 15) is 19.5 Å². The van der Waals surface area contributed by atoms with E-state index in [0.717, 1.165) is 0 Å². The number of anilines is 1. The van der Waals surface area contributed by atoms with Gasteiger partial charge in [0.2, 0.25) is 0 Å². The van der Waals surface area contributed by atoms with Crippen LogP contribution in [0.3, 0.4) is 0 Å². The molecule has 0 unspecified atom stereocenters. The van der Waals surface area contributed by atoms with E-state index < -0.39 is 18.5 Å². The summed E-state index contributed by atoms with van der Waals surface area (Å²) in [6.45, 7) is 1.60. The van der Waals surface area contributed by atoms with E-state index in [0.29, 0.717) is 23.4 Å². The SMILES string of the molecule is CCOc1cc(C(=O)CCC(=O)OCC(=O)Nc2ccc(C#N)cc2)ccc1O. The number of phenols is 1. The number of ether oxygens (including phenoxy) is 2. The molecule has 2 rings (SSSR count). The van der Waals surface area contributed by atoms with Gasteiger partial charge in [-0.3, -0.25) is 14.4 Å². The standard InChI is InChI=1S/C21H20N2O6/c1-2-28-19-11-15(5-8-18(19)25)17(24)9-10-21(27)29-13-20(26)23-16-6-3-14(12-22)4-7-16/h3-8,11,25H,2,9-10,13H2,1H3,(H,23,26). The van der Waals surface area contributed by atoms with Crippen molar-refractivity contribution >= 4 is 23.3 Å². The minimum Gasteiger partial charge on any atom is -0.504 e. The Labute approximate surface area is 167 Å². The maximum atomic E-state index is 12.2. The van der Waals surface area contributed by atoms with Crippen LogP contribution in [0.2, 0.25) is 0 Å². The molecule has 0 aliphatic rings. The molecule has 0 aliphatic carbocycles. The van der Waals surface area contributed by atoms with Gasteiger partial charge in [0.1, 0.15) is 0 Å². The van der Waals surface area contributed by atoms with Crippen molar-refractivity contribution in [1.82, 2.24) is 0 Å². The molecule has 0 spiro atoms. The normalized spacial score (nSPS) is 9.93. The Bertz CT molecular complexity index is 931.